The largest absolute Gasteiger partial charge is 1.00 e. The van der Waals surface area contributed by atoms with Crippen LogP contribution in [0.15, 0.2) is 0 Å². The van der Waals surface area contributed by atoms with Gasteiger partial charge in [-0.15, -0.1) is 0 Å². The standard InChI is InChI=1S/C10H13NO7S.Na/c1-5(12)18-4-10(2)8(9(14)15)11-6(13)3-7(11)19(10,16)17;/h7-8H,3-4H2,1-2H3,(H,14,15);/q;+1/p-1/t7-,8+,10+;/m1./s1. The van der Waals surface area contributed by atoms with Crippen LogP contribution in [0, 0.1) is 0 Å². The quantitative estimate of drug-likeness (QED) is 0.289. The van der Waals surface area contributed by atoms with Crippen LogP contribution < -0.4 is 34.7 Å². The molecule has 2 rings (SSSR count). The molecule has 20 heavy (non-hydrogen) atoms. The molecule has 0 aromatic rings. The number of β-lactam (4-membered cyclic amide) rings is 1. The van der Waals surface area contributed by atoms with E-state index in [4.69, 9.17) is 0 Å². The molecule has 1 amide bonds. The van der Waals surface area contributed by atoms with Crippen molar-refractivity contribution in [1.29, 1.82) is 0 Å². The topological polar surface area (TPSA) is 121 Å². The Hall–Kier alpha value is -0.640. The molecule has 8 nitrogen and oxygen atoms in total. The molecule has 2 heterocycles. The van der Waals surface area contributed by atoms with Crippen molar-refractivity contribution in [2.45, 2.75) is 36.4 Å². The minimum absolute atomic E-state index is 0. The number of amides is 1. The molecule has 0 bridgehead atoms. The molecular weight excluding hydrogens is 301 g/mol. The monoisotopic (exact) mass is 313 g/mol. The van der Waals surface area contributed by atoms with Crippen LogP contribution in [0.5, 0.6) is 0 Å². The molecule has 10 heteroatoms. The molecule has 0 aliphatic carbocycles. The predicted molar refractivity (Wildman–Crippen MR) is 58.0 cm³/mol. The van der Waals surface area contributed by atoms with E-state index in [1.54, 1.807) is 0 Å². The van der Waals surface area contributed by atoms with E-state index in [2.05, 4.69) is 4.74 Å². The minimum Gasteiger partial charge on any atom is -0.548 e. The minimum atomic E-state index is -3.94. The predicted octanol–water partition coefficient (Wildman–Crippen LogP) is -5.58. The summed E-state index contributed by atoms with van der Waals surface area (Å²) in [6.45, 7) is 1.61. The summed E-state index contributed by atoms with van der Waals surface area (Å²) in [6, 6.07) is -1.64. The van der Waals surface area contributed by atoms with Gasteiger partial charge in [-0.1, -0.05) is 0 Å². The fourth-order valence-electron chi connectivity index (χ4n) is 2.50. The van der Waals surface area contributed by atoms with Crippen LogP contribution in [-0.2, 0) is 29.0 Å². The van der Waals surface area contributed by atoms with Crippen LogP contribution in [0.4, 0.5) is 0 Å². The van der Waals surface area contributed by atoms with E-state index in [1.807, 2.05) is 0 Å². The van der Waals surface area contributed by atoms with E-state index < -0.39 is 50.5 Å². The number of rotatable bonds is 3. The summed E-state index contributed by atoms with van der Waals surface area (Å²) in [6.07, 6.45) is -0.248. The smallest absolute Gasteiger partial charge is 0.548 e. The maximum Gasteiger partial charge on any atom is 1.00 e. The zero-order chi connectivity index (χ0) is 14.6. The summed E-state index contributed by atoms with van der Waals surface area (Å²) in [5, 5.41) is 10.0. The first-order valence-corrected chi connectivity index (χ1v) is 7.06. The summed E-state index contributed by atoms with van der Waals surface area (Å²) in [7, 11) is -3.94. The number of carbonyl (C=O) groups is 3. The molecule has 2 fully saturated rings. The summed E-state index contributed by atoms with van der Waals surface area (Å²) in [5.74, 6) is -2.96. The second-order valence-corrected chi connectivity index (χ2v) is 7.39. The maximum atomic E-state index is 12.3. The Labute approximate surface area is 137 Å². The van der Waals surface area contributed by atoms with E-state index in [1.165, 1.54) is 0 Å². The molecule has 0 unspecified atom stereocenters. The van der Waals surface area contributed by atoms with Gasteiger partial charge < -0.3 is 19.5 Å². The number of esters is 1. The molecule has 2 aliphatic rings. The van der Waals surface area contributed by atoms with Crippen molar-refractivity contribution in [3.63, 3.8) is 0 Å². The van der Waals surface area contributed by atoms with Gasteiger partial charge in [-0.3, -0.25) is 9.59 Å². The van der Waals surface area contributed by atoms with Gasteiger partial charge in [0.2, 0.25) is 5.91 Å². The number of hydrogen-bond acceptors (Lipinski definition) is 7. The van der Waals surface area contributed by atoms with Crippen LogP contribution in [-0.4, -0.2) is 53.9 Å². The zero-order valence-corrected chi connectivity index (χ0v) is 14.1. The molecule has 0 N–H and O–H groups in total. The Morgan fingerprint density at radius 1 is 1.50 bits per heavy atom. The van der Waals surface area contributed by atoms with Crippen molar-refractivity contribution in [3.8, 4) is 0 Å². The number of fused-ring (bicyclic) bond motifs is 1. The third-order valence-electron chi connectivity index (χ3n) is 3.60. The van der Waals surface area contributed by atoms with Gasteiger partial charge in [0.15, 0.2) is 9.84 Å². The van der Waals surface area contributed by atoms with Crippen molar-refractivity contribution in [2.75, 3.05) is 6.61 Å². The van der Waals surface area contributed by atoms with Gasteiger partial charge in [-0.05, 0) is 6.92 Å². The van der Waals surface area contributed by atoms with Crippen molar-refractivity contribution >= 4 is 27.7 Å². The molecular formula is C10H12NNaO7S. The van der Waals surface area contributed by atoms with Crippen molar-refractivity contribution in [2.24, 2.45) is 0 Å². The van der Waals surface area contributed by atoms with E-state index in [0.29, 0.717) is 0 Å². The van der Waals surface area contributed by atoms with Crippen LogP contribution in [0.3, 0.4) is 0 Å². The molecule has 2 aliphatic heterocycles. The first kappa shape index (κ1) is 17.4. The fourth-order valence-corrected chi connectivity index (χ4v) is 4.77. The molecule has 106 valence electrons. The second-order valence-electron chi connectivity index (χ2n) is 4.82. The van der Waals surface area contributed by atoms with Gasteiger partial charge in [0.1, 0.15) is 16.7 Å². The van der Waals surface area contributed by atoms with Gasteiger partial charge in [0, 0.05) is 6.92 Å². The number of sulfone groups is 1. The zero-order valence-electron chi connectivity index (χ0n) is 11.3. The van der Waals surface area contributed by atoms with Gasteiger partial charge in [-0.2, -0.15) is 0 Å². The number of carboxylic acids is 1. The molecule has 0 radical (unpaired) electrons. The van der Waals surface area contributed by atoms with Crippen LogP contribution >= 0.6 is 0 Å². The second kappa shape index (κ2) is 5.28. The number of carboxylic acid groups (broad SMARTS) is 1. The molecule has 0 saturated carbocycles. The summed E-state index contributed by atoms with van der Waals surface area (Å²) < 4.78 is 27.3. The Kier molecular flexibility index (Phi) is 4.60. The van der Waals surface area contributed by atoms with E-state index in [9.17, 15) is 27.9 Å². The van der Waals surface area contributed by atoms with Gasteiger partial charge in [0.05, 0.1) is 18.4 Å². The number of ether oxygens (including phenoxy) is 1. The molecule has 0 aromatic heterocycles. The van der Waals surface area contributed by atoms with Crippen molar-refractivity contribution in [1.82, 2.24) is 4.90 Å². The van der Waals surface area contributed by atoms with Gasteiger partial charge in [-0.25, -0.2) is 8.42 Å². The van der Waals surface area contributed by atoms with Crippen molar-refractivity contribution < 1.29 is 62.2 Å². The number of hydrogen-bond donors (Lipinski definition) is 0. The Morgan fingerprint density at radius 2 is 2.05 bits per heavy atom. The van der Waals surface area contributed by atoms with E-state index in [0.717, 1.165) is 18.7 Å². The molecule has 0 aromatic carbocycles. The van der Waals surface area contributed by atoms with E-state index in [-0.39, 0.29) is 36.0 Å². The third kappa shape index (κ3) is 2.16. The molecule has 0 spiro atoms. The van der Waals surface area contributed by atoms with E-state index >= 15 is 0 Å². The Balaban J connectivity index is 0.00000200. The van der Waals surface area contributed by atoms with Crippen molar-refractivity contribution in [3.05, 3.63) is 0 Å². The number of carbonyl (C=O) groups excluding carboxylic acids is 3. The summed E-state index contributed by atoms with van der Waals surface area (Å²) in [5.41, 5.74) is 0. The average Bonchev–Trinajstić information content (AvgIpc) is 2.41. The van der Waals surface area contributed by atoms with Crippen LogP contribution in [0.25, 0.3) is 0 Å². The normalized spacial score (nSPS) is 33.7. The fraction of sp³-hybridized carbons (Fsp3) is 0.700. The number of nitrogens with zero attached hydrogens (tertiary/aromatic N) is 1. The first-order valence-electron chi connectivity index (χ1n) is 5.52. The van der Waals surface area contributed by atoms with Gasteiger partial charge >= 0.3 is 35.5 Å². The SMILES string of the molecule is CC(=O)OC[C@@]1(C)[C@H](C(=O)[O-])N2C(=O)C[C@H]2S1(=O)=O.[Na+]. The Bertz CT molecular complexity index is 574. The average molecular weight is 313 g/mol. The van der Waals surface area contributed by atoms with Crippen LogP contribution in [0.1, 0.15) is 20.3 Å². The number of aliphatic carboxylic acids is 1. The van der Waals surface area contributed by atoms with Crippen LogP contribution in [0.2, 0.25) is 0 Å². The Morgan fingerprint density at radius 3 is 2.45 bits per heavy atom. The third-order valence-corrected chi connectivity index (χ3v) is 6.35. The van der Waals surface area contributed by atoms with Gasteiger partial charge in [0.25, 0.3) is 0 Å². The first-order chi connectivity index (χ1) is 8.63. The maximum absolute atomic E-state index is 12.3. The summed E-state index contributed by atoms with van der Waals surface area (Å²) in [4.78, 5) is 34.2. The molecule has 3 atom stereocenters. The molecule has 2 saturated heterocycles. The summed E-state index contributed by atoms with van der Waals surface area (Å²) >= 11 is 0.